The lowest BCUT2D eigenvalue weighted by molar-refractivity contribution is 0.252. The van der Waals surface area contributed by atoms with Gasteiger partial charge in [-0.15, -0.1) is 0 Å². The minimum atomic E-state index is -0.423. The molecule has 0 spiro atoms. The SMILES string of the molecule is CCNC(=O)Nc1cc2c(F)ccc(CO)c2cn1. The Bertz CT molecular complexity index is 616. The van der Waals surface area contributed by atoms with Gasteiger partial charge in [-0.05, 0) is 24.6 Å². The molecule has 0 bridgehead atoms. The Morgan fingerprint density at radius 3 is 2.89 bits per heavy atom. The summed E-state index contributed by atoms with van der Waals surface area (Å²) in [6.07, 6.45) is 1.44. The summed E-state index contributed by atoms with van der Waals surface area (Å²) < 4.78 is 13.7. The van der Waals surface area contributed by atoms with Gasteiger partial charge in [0.15, 0.2) is 0 Å². The molecule has 2 aromatic rings. The number of nitrogens with zero attached hydrogens (tertiary/aromatic N) is 1. The molecule has 1 aromatic heterocycles. The standard InChI is InChI=1S/C13H14FN3O2/c1-2-15-13(19)17-12-5-9-10(6-16-12)8(7-18)3-4-11(9)14/h3-6,18H,2,7H2,1H3,(H2,15,16,17,19). The minimum absolute atomic E-state index is 0.193. The highest BCUT2D eigenvalue weighted by atomic mass is 19.1. The van der Waals surface area contributed by atoms with E-state index in [0.717, 1.165) is 0 Å². The van der Waals surface area contributed by atoms with Crippen LogP contribution >= 0.6 is 0 Å². The second-order valence-corrected chi connectivity index (χ2v) is 3.96. The van der Waals surface area contributed by atoms with Crippen LogP contribution in [0.25, 0.3) is 10.8 Å². The summed E-state index contributed by atoms with van der Waals surface area (Å²) in [7, 11) is 0. The van der Waals surface area contributed by atoms with Crippen LogP contribution in [0, 0.1) is 5.82 Å². The van der Waals surface area contributed by atoms with E-state index in [1.54, 1.807) is 6.92 Å². The average molecular weight is 263 g/mol. The zero-order valence-electron chi connectivity index (χ0n) is 10.4. The van der Waals surface area contributed by atoms with E-state index < -0.39 is 11.8 Å². The smallest absolute Gasteiger partial charge is 0.320 e. The number of benzene rings is 1. The van der Waals surface area contributed by atoms with Gasteiger partial charge in [-0.2, -0.15) is 0 Å². The average Bonchev–Trinajstić information content (AvgIpc) is 2.40. The molecule has 0 aliphatic rings. The maximum Gasteiger partial charge on any atom is 0.320 e. The molecule has 0 radical (unpaired) electrons. The highest BCUT2D eigenvalue weighted by molar-refractivity contribution is 5.92. The van der Waals surface area contributed by atoms with Crippen LogP contribution in [-0.2, 0) is 6.61 Å². The Kier molecular flexibility index (Phi) is 3.91. The van der Waals surface area contributed by atoms with Crippen LogP contribution in [0.4, 0.5) is 15.0 Å². The number of aliphatic hydroxyl groups is 1. The number of hydrogen-bond acceptors (Lipinski definition) is 3. The number of nitrogens with one attached hydrogen (secondary N) is 2. The Morgan fingerprint density at radius 2 is 2.21 bits per heavy atom. The monoisotopic (exact) mass is 263 g/mol. The van der Waals surface area contributed by atoms with Crippen molar-refractivity contribution in [2.45, 2.75) is 13.5 Å². The molecule has 0 saturated heterocycles. The topological polar surface area (TPSA) is 74.2 Å². The lowest BCUT2D eigenvalue weighted by Gasteiger charge is -2.08. The number of anilines is 1. The van der Waals surface area contributed by atoms with Crippen molar-refractivity contribution in [1.29, 1.82) is 0 Å². The first kappa shape index (κ1) is 13.2. The van der Waals surface area contributed by atoms with Crippen LogP contribution in [0.3, 0.4) is 0 Å². The van der Waals surface area contributed by atoms with Crippen LogP contribution in [0.1, 0.15) is 12.5 Å². The van der Waals surface area contributed by atoms with Gasteiger partial charge >= 0.3 is 6.03 Å². The van der Waals surface area contributed by atoms with E-state index in [2.05, 4.69) is 15.6 Å². The van der Waals surface area contributed by atoms with Gasteiger partial charge < -0.3 is 10.4 Å². The van der Waals surface area contributed by atoms with Gasteiger partial charge in [0.05, 0.1) is 6.61 Å². The fraction of sp³-hybridized carbons (Fsp3) is 0.231. The largest absolute Gasteiger partial charge is 0.392 e. The van der Waals surface area contributed by atoms with E-state index in [9.17, 15) is 14.3 Å². The summed E-state index contributed by atoms with van der Waals surface area (Å²) in [5, 5.41) is 15.1. The molecule has 3 N–H and O–H groups in total. The number of carbonyl (C=O) groups excluding carboxylic acids is 1. The highest BCUT2D eigenvalue weighted by Crippen LogP contribution is 2.23. The summed E-state index contributed by atoms with van der Waals surface area (Å²) >= 11 is 0. The Balaban J connectivity index is 2.40. The van der Waals surface area contributed by atoms with Gasteiger partial charge in [-0.25, -0.2) is 14.2 Å². The van der Waals surface area contributed by atoms with Crippen molar-refractivity contribution in [1.82, 2.24) is 10.3 Å². The number of rotatable bonds is 3. The Labute approximate surface area is 109 Å². The molecule has 0 saturated carbocycles. The van der Waals surface area contributed by atoms with Crippen LogP contribution in [0.5, 0.6) is 0 Å². The molecule has 19 heavy (non-hydrogen) atoms. The Morgan fingerprint density at radius 1 is 1.42 bits per heavy atom. The first-order valence-corrected chi connectivity index (χ1v) is 5.88. The molecule has 2 rings (SSSR count). The van der Waals surface area contributed by atoms with E-state index in [1.807, 2.05) is 0 Å². The maximum absolute atomic E-state index is 13.7. The van der Waals surface area contributed by atoms with Crippen molar-refractivity contribution >= 4 is 22.6 Å². The van der Waals surface area contributed by atoms with Crippen LogP contribution in [0.15, 0.2) is 24.4 Å². The third-order valence-corrected chi connectivity index (χ3v) is 2.69. The highest BCUT2D eigenvalue weighted by Gasteiger charge is 2.08. The van der Waals surface area contributed by atoms with Gasteiger partial charge in [0.1, 0.15) is 11.6 Å². The lowest BCUT2D eigenvalue weighted by Crippen LogP contribution is -2.28. The van der Waals surface area contributed by atoms with Gasteiger partial charge in [0.2, 0.25) is 0 Å². The fourth-order valence-corrected chi connectivity index (χ4v) is 1.79. The summed E-state index contributed by atoms with van der Waals surface area (Å²) in [6, 6.07) is 3.84. The molecular weight excluding hydrogens is 249 g/mol. The van der Waals surface area contributed by atoms with Gasteiger partial charge in [0, 0.05) is 23.5 Å². The van der Waals surface area contributed by atoms with E-state index in [1.165, 1.54) is 24.4 Å². The third-order valence-electron chi connectivity index (χ3n) is 2.69. The predicted molar refractivity (Wildman–Crippen MR) is 70.3 cm³/mol. The van der Waals surface area contributed by atoms with Gasteiger partial charge in [-0.3, -0.25) is 5.32 Å². The molecule has 1 aromatic carbocycles. The zero-order chi connectivity index (χ0) is 13.8. The normalized spacial score (nSPS) is 10.5. The molecule has 100 valence electrons. The zero-order valence-corrected chi connectivity index (χ0v) is 10.4. The number of urea groups is 1. The molecule has 0 atom stereocenters. The minimum Gasteiger partial charge on any atom is -0.392 e. The van der Waals surface area contributed by atoms with Crippen LogP contribution in [0.2, 0.25) is 0 Å². The number of hydrogen-bond donors (Lipinski definition) is 3. The van der Waals surface area contributed by atoms with Gasteiger partial charge in [0.25, 0.3) is 0 Å². The first-order valence-electron chi connectivity index (χ1n) is 5.88. The van der Waals surface area contributed by atoms with Crippen molar-refractivity contribution < 1.29 is 14.3 Å². The fourth-order valence-electron chi connectivity index (χ4n) is 1.79. The van der Waals surface area contributed by atoms with Crippen molar-refractivity contribution in [3.8, 4) is 0 Å². The number of amides is 2. The van der Waals surface area contributed by atoms with Crippen LogP contribution in [-0.4, -0.2) is 22.7 Å². The second-order valence-electron chi connectivity index (χ2n) is 3.96. The van der Waals surface area contributed by atoms with Gasteiger partial charge in [-0.1, -0.05) is 6.07 Å². The van der Waals surface area contributed by atoms with E-state index in [4.69, 9.17) is 0 Å². The van der Waals surface area contributed by atoms with Crippen LogP contribution < -0.4 is 10.6 Å². The van der Waals surface area contributed by atoms with Crippen molar-refractivity contribution in [3.63, 3.8) is 0 Å². The number of pyridine rings is 1. The molecule has 6 heteroatoms. The summed E-state index contributed by atoms with van der Waals surface area (Å²) in [4.78, 5) is 15.4. The Hall–Kier alpha value is -2.21. The maximum atomic E-state index is 13.7. The quantitative estimate of drug-likeness (QED) is 0.793. The third kappa shape index (κ3) is 2.79. The first-order chi connectivity index (χ1) is 9.15. The van der Waals surface area contributed by atoms with Crippen molar-refractivity contribution in [2.75, 3.05) is 11.9 Å². The number of halogens is 1. The molecule has 5 nitrogen and oxygen atoms in total. The number of carbonyl (C=O) groups is 1. The van der Waals surface area contributed by atoms with Crippen molar-refractivity contribution in [2.24, 2.45) is 0 Å². The number of fused-ring (bicyclic) bond motifs is 1. The van der Waals surface area contributed by atoms with Crippen molar-refractivity contribution in [3.05, 3.63) is 35.8 Å². The number of aliphatic hydroxyl groups excluding tert-OH is 1. The lowest BCUT2D eigenvalue weighted by atomic mass is 10.1. The second kappa shape index (κ2) is 5.62. The summed E-state index contributed by atoms with van der Waals surface area (Å²) in [5.41, 5.74) is 0.591. The molecule has 2 amide bonds. The summed E-state index contributed by atoms with van der Waals surface area (Å²) in [5.74, 6) is -0.166. The molecule has 1 heterocycles. The van der Waals surface area contributed by atoms with E-state index in [-0.39, 0.29) is 12.4 Å². The molecular formula is C13H14FN3O2. The number of aromatic nitrogens is 1. The molecule has 0 aliphatic carbocycles. The van der Waals surface area contributed by atoms with E-state index >= 15 is 0 Å². The molecule has 0 unspecified atom stereocenters. The summed E-state index contributed by atoms with van der Waals surface area (Å²) in [6.45, 7) is 2.09. The molecule has 0 fully saturated rings. The van der Waals surface area contributed by atoms with E-state index in [0.29, 0.717) is 22.9 Å². The predicted octanol–water partition coefficient (Wildman–Crippen LogP) is 2.01. The molecule has 0 aliphatic heterocycles.